The van der Waals surface area contributed by atoms with Crippen molar-refractivity contribution >= 4 is 8.07 Å². The molecule has 0 saturated heterocycles. The van der Waals surface area contributed by atoms with Gasteiger partial charge in [0.2, 0.25) is 0 Å². The van der Waals surface area contributed by atoms with Crippen molar-refractivity contribution in [3.8, 4) is 0 Å². The molecule has 0 saturated carbocycles. The van der Waals surface area contributed by atoms with Crippen LogP contribution in [0.15, 0.2) is 18.2 Å². The molecule has 0 aromatic rings. The molecule has 11 heavy (non-hydrogen) atoms. The molecule has 0 aromatic carbocycles. The molecule has 0 N–H and O–H groups in total. The summed E-state index contributed by atoms with van der Waals surface area (Å²) in [5.74, 6) is 0. The van der Waals surface area contributed by atoms with Crippen molar-refractivity contribution in [1.82, 2.24) is 0 Å². The summed E-state index contributed by atoms with van der Waals surface area (Å²) in [4.78, 5) is 0. The minimum absolute atomic E-state index is 0. The molecule has 0 atom stereocenters. The van der Waals surface area contributed by atoms with Gasteiger partial charge in [-0.1, -0.05) is 19.6 Å². The fraction of sp³-hybridized carbons (Fsp3) is 0.444. The Morgan fingerprint density at radius 3 is 1.91 bits per heavy atom. The van der Waals surface area contributed by atoms with Crippen LogP contribution in [-0.2, 0) is 21.7 Å². The largest absolute Gasteiger partial charge is 2.00 e. The topological polar surface area (TPSA) is 0 Å². The molecule has 0 amide bonds. The van der Waals surface area contributed by atoms with E-state index >= 15 is 0 Å². The molecule has 60 valence electrons. The van der Waals surface area contributed by atoms with Crippen molar-refractivity contribution in [2.24, 2.45) is 0 Å². The molecule has 0 aliphatic heterocycles. The van der Waals surface area contributed by atoms with E-state index in [1.807, 2.05) is 12.2 Å². The van der Waals surface area contributed by atoms with Crippen molar-refractivity contribution in [2.75, 3.05) is 0 Å². The molecule has 0 nitrogen and oxygen atoms in total. The van der Waals surface area contributed by atoms with Crippen molar-refractivity contribution in [1.29, 1.82) is 0 Å². The van der Waals surface area contributed by atoms with Gasteiger partial charge in [0, 0.05) is 0 Å². The first-order valence-electron chi connectivity index (χ1n) is 3.57. The van der Waals surface area contributed by atoms with E-state index in [4.69, 9.17) is 0 Å². The standard InChI is InChI=1S/C5H5.C4H11Si.Ti/c1-2-4-5-3-1;1-5(2,3)4;/h1-3H,4H2;1H2,2-4H3;/q2*-1;+2. The Kier molecular flexibility index (Phi) is 8.99. The maximum absolute atomic E-state index is 3.91. The summed E-state index contributed by atoms with van der Waals surface area (Å²) in [6, 6.07) is 0. The van der Waals surface area contributed by atoms with Gasteiger partial charge in [-0.3, -0.25) is 6.08 Å². The summed E-state index contributed by atoms with van der Waals surface area (Å²) >= 11 is 0. The number of allylic oxidation sites excluding steroid dienone is 4. The third-order valence-corrected chi connectivity index (χ3v) is 0.586. The summed E-state index contributed by atoms with van der Waals surface area (Å²) in [6.45, 7) is 10.6. The van der Waals surface area contributed by atoms with Crippen LogP contribution in [0, 0.1) is 12.6 Å². The van der Waals surface area contributed by atoms with E-state index in [0.717, 1.165) is 6.42 Å². The zero-order valence-corrected chi connectivity index (χ0v) is 10.2. The Hall–Kier alpha value is 0.411. The first kappa shape index (κ1) is 14.0. The van der Waals surface area contributed by atoms with Gasteiger partial charge in [0.05, 0.1) is 0 Å². The average molecular weight is 200 g/mol. The molecule has 0 heterocycles. The monoisotopic (exact) mass is 200 g/mol. The summed E-state index contributed by atoms with van der Waals surface area (Å²) in [7, 11) is -0.861. The first-order chi connectivity index (χ1) is 4.50. The van der Waals surface area contributed by atoms with Crippen LogP contribution in [-0.4, -0.2) is 8.07 Å². The summed E-state index contributed by atoms with van der Waals surface area (Å²) in [5, 5.41) is 0. The SMILES string of the molecule is [C-]1=CC=CC1.[CH2-][Si](C)(C)C.[Ti+2]. The van der Waals surface area contributed by atoms with Crippen LogP contribution in [0.5, 0.6) is 0 Å². The quantitative estimate of drug-likeness (QED) is 0.416. The van der Waals surface area contributed by atoms with Crippen molar-refractivity contribution < 1.29 is 21.7 Å². The van der Waals surface area contributed by atoms with Crippen molar-refractivity contribution in [3.63, 3.8) is 0 Å². The van der Waals surface area contributed by atoms with Crippen LogP contribution in [0.4, 0.5) is 0 Å². The molecule has 2 heteroatoms. The maximum Gasteiger partial charge on any atom is 2.00 e. The van der Waals surface area contributed by atoms with Gasteiger partial charge in [-0.05, 0) is 0 Å². The summed E-state index contributed by atoms with van der Waals surface area (Å²) in [6.07, 6.45) is 10.0. The van der Waals surface area contributed by atoms with Gasteiger partial charge in [0.25, 0.3) is 0 Å². The molecule has 0 fully saturated rings. The Morgan fingerprint density at radius 2 is 1.82 bits per heavy atom. The molecule has 0 spiro atoms. The number of hydrogen-bond donors (Lipinski definition) is 0. The van der Waals surface area contributed by atoms with E-state index in [0.29, 0.717) is 0 Å². The zero-order valence-electron chi connectivity index (χ0n) is 7.65. The van der Waals surface area contributed by atoms with Crippen molar-refractivity contribution in [2.45, 2.75) is 26.1 Å². The second-order valence-electron chi connectivity index (χ2n) is 3.56. The predicted octanol–water partition coefficient (Wildman–Crippen LogP) is 3.00. The molecule has 0 bridgehead atoms. The van der Waals surface area contributed by atoms with Crippen molar-refractivity contribution in [3.05, 3.63) is 30.9 Å². The Balaban J connectivity index is 0. The summed E-state index contributed by atoms with van der Waals surface area (Å²) < 4.78 is 0. The van der Waals surface area contributed by atoms with Gasteiger partial charge in [0.15, 0.2) is 0 Å². The molecular weight excluding hydrogens is 184 g/mol. The van der Waals surface area contributed by atoms with Crippen LogP contribution >= 0.6 is 0 Å². The van der Waals surface area contributed by atoms with E-state index in [-0.39, 0.29) is 21.7 Å². The van der Waals surface area contributed by atoms with E-state index in [9.17, 15) is 0 Å². The Morgan fingerprint density at radius 1 is 1.36 bits per heavy atom. The van der Waals surface area contributed by atoms with Gasteiger partial charge >= 0.3 is 21.7 Å². The summed E-state index contributed by atoms with van der Waals surface area (Å²) in [5.41, 5.74) is 0. The molecule has 1 aliphatic rings. The Bertz CT molecular complexity index is 115. The van der Waals surface area contributed by atoms with E-state index < -0.39 is 8.07 Å². The van der Waals surface area contributed by atoms with Gasteiger partial charge < -0.3 is 6.55 Å². The van der Waals surface area contributed by atoms with Gasteiger partial charge in [-0.15, -0.1) is 14.5 Å². The van der Waals surface area contributed by atoms with Crippen LogP contribution in [0.1, 0.15) is 6.42 Å². The average Bonchev–Trinajstić information content (AvgIpc) is 2.07. The van der Waals surface area contributed by atoms with E-state index in [2.05, 4.69) is 38.3 Å². The van der Waals surface area contributed by atoms with Crippen LogP contribution in [0.3, 0.4) is 0 Å². The predicted molar refractivity (Wildman–Crippen MR) is 50.3 cm³/mol. The minimum atomic E-state index is -0.861. The molecule has 0 unspecified atom stereocenters. The van der Waals surface area contributed by atoms with Crippen LogP contribution in [0.25, 0.3) is 0 Å². The second kappa shape index (κ2) is 7.08. The molecule has 1 aliphatic carbocycles. The zero-order chi connectivity index (χ0) is 8.04. The minimum Gasteiger partial charge on any atom is -0.342 e. The molecule has 1 rings (SSSR count). The van der Waals surface area contributed by atoms with Gasteiger partial charge in [-0.25, -0.2) is 12.2 Å². The van der Waals surface area contributed by atoms with Crippen LogP contribution < -0.4 is 0 Å². The third kappa shape index (κ3) is 25.2. The van der Waals surface area contributed by atoms with Crippen LogP contribution in [0.2, 0.25) is 19.6 Å². The first-order valence-corrected chi connectivity index (χ1v) is 7.28. The maximum atomic E-state index is 3.91. The molecule has 0 aromatic heterocycles. The number of rotatable bonds is 0. The van der Waals surface area contributed by atoms with E-state index in [1.165, 1.54) is 0 Å². The number of hydrogen-bond acceptors (Lipinski definition) is 0. The van der Waals surface area contributed by atoms with Gasteiger partial charge in [-0.2, -0.15) is 6.08 Å². The third-order valence-electron chi connectivity index (χ3n) is 0.586. The Labute approximate surface area is 86.7 Å². The van der Waals surface area contributed by atoms with Gasteiger partial charge in [0.1, 0.15) is 0 Å². The fourth-order valence-electron chi connectivity index (χ4n) is 0.340. The fourth-order valence-corrected chi connectivity index (χ4v) is 0.340. The normalized spacial score (nSPS) is 13.5. The molecular formula is C9H16SiTi. The van der Waals surface area contributed by atoms with E-state index in [1.54, 1.807) is 0 Å². The smallest absolute Gasteiger partial charge is 0.342 e. The molecule has 0 radical (unpaired) electrons. The second-order valence-corrected chi connectivity index (χ2v) is 8.69.